The molecule has 3 nitrogen and oxygen atoms in total. The molecular formula is C16H28N2O. The Kier molecular flexibility index (Phi) is 4.67. The van der Waals surface area contributed by atoms with Gasteiger partial charge in [-0.2, -0.15) is 5.10 Å². The van der Waals surface area contributed by atoms with Crippen LogP contribution in [-0.2, 0) is 13.0 Å². The van der Waals surface area contributed by atoms with Gasteiger partial charge in [0.05, 0.1) is 11.8 Å². The number of aliphatic hydroxyl groups is 1. The van der Waals surface area contributed by atoms with E-state index in [4.69, 9.17) is 0 Å². The van der Waals surface area contributed by atoms with Crippen LogP contribution in [0.3, 0.4) is 0 Å². The second-order valence-corrected chi connectivity index (χ2v) is 6.44. The first-order valence-corrected chi connectivity index (χ1v) is 7.72. The lowest BCUT2D eigenvalue weighted by Gasteiger charge is -2.35. The number of aromatic nitrogens is 2. The molecule has 1 aliphatic carbocycles. The maximum absolute atomic E-state index is 10.3. The minimum Gasteiger partial charge on any atom is -0.393 e. The predicted octanol–water partition coefficient (Wildman–Crippen LogP) is 3.19. The molecule has 1 fully saturated rings. The maximum Gasteiger partial charge on any atom is 0.0596 e. The first-order valence-electron chi connectivity index (χ1n) is 7.72. The van der Waals surface area contributed by atoms with Crippen LogP contribution in [0.5, 0.6) is 0 Å². The van der Waals surface area contributed by atoms with Gasteiger partial charge in [-0.15, -0.1) is 0 Å². The lowest BCUT2D eigenvalue weighted by molar-refractivity contribution is 0.0369. The van der Waals surface area contributed by atoms with Crippen LogP contribution in [0.4, 0.5) is 0 Å². The van der Waals surface area contributed by atoms with E-state index in [9.17, 15) is 5.11 Å². The fourth-order valence-corrected chi connectivity index (χ4v) is 3.42. The lowest BCUT2D eigenvalue weighted by Crippen LogP contribution is -2.33. The summed E-state index contributed by atoms with van der Waals surface area (Å²) in [4.78, 5) is 0. The summed E-state index contributed by atoms with van der Waals surface area (Å²) >= 11 is 0. The summed E-state index contributed by atoms with van der Waals surface area (Å²) in [6, 6.07) is 2.18. The molecule has 0 aromatic carbocycles. The SMILES string of the molecule is CCn1nc(C)cc1CC1CC(C(C)C)CCC1O. The van der Waals surface area contributed by atoms with Gasteiger partial charge in [-0.3, -0.25) is 4.68 Å². The zero-order valence-corrected chi connectivity index (χ0v) is 12.8. The van der Waals surface area contributed by atoms with Crippen molar-refractivity contribution in [3.8, 4) is 0 Å². The summed E-state index contributed by atoms with van der Waals surface area (Å²) < 4.78 is 2.08. The van der Waals surface area contributed by atoms with Crippen molar-refractivity contribution in [1.29, 1.82) is 0 Å². The molecule has 0 radical (unpaired) electrons. The van der Waals surface area contributed by atoms with Crippen molar-refractivity contribution in [3.05, 3.63) is 17.5 Å². The quantitative estimate of drug-likeness (QED) is 0.907. The van der Waals surface area contributed by atoms with Crippen LogP contribution in [-0.4, -0.2) is 21.0 Å². The van der Waals surface area contributed by atoms with E-state index in [0.29, 0.717) is 5.92 Å². The van der Waals surface area contributed by atoms with Gasteiger partial charge in [-0.05, 0) is 63.4 Å². The Bertz CT molecular complexity index is 411. The Morgan fingerprint density at radius 1 is 1.42 bits per heavy atom. The predicted molar refractivity (Wildman–Crippen MR) is 78.0 cm³/mol. The molecule has 1 N–H and O–H groups in total. The molecule has 19 heavy (non-hydrogen) atoms. The molecule has 1 saturated carbocycles. The Hall–Kier alpha value is -0.830. The van der Waals surface area contributed by atoms with E-state index >= 15 is 0 Å². The molecule has 0 bridgehead atoms. The van der Waals surface area contributed by atoms with Crippen molar-refractivity contribution in [2.24, 2.45) is 17.8 Å². The Morgan fingerprint density at radius 3 is 2.79 bits per heavy atom. The van der Waals surface area contributed by atoms with Gasteiger partial charge in [0.15, 0.2) is 0 Å². The third-order valence-electron chi connectivity index (χ3n) is 4.68. The normalized spacial score (nSPS) is 28.0. The Morgan fingerprint density at radius 2 is 2.16 bits per heavy atom. The van der Waals surface area contributed by atoms with Gasteiger partial charge in [0.25, 0.3) is 0 Å². The molecule has 3 unspecified atom stereocenters. The number of nitrogens with zero attached hydrogens (tertiary/aromatic N) is 2. The zero-order valence-electron chi connectivity index (χ0n) is 12.8. The molecule has 0 saturated heterocycles. The third kappa shape index (κ3) is 3.38. The van der Waals surface area contributed by atoms with Gasteiger partial charge in [0, 0.05) is 12.2 Å². The highest BCUT2D eigenvalue weighted by molar-refractivity contribution is 5.10. The summed E-state index contributed by atoms with van der Waals surface area (Å²) in [5, 5.41) is 14.8. The highest BCUT2D eigenvalue weighted by Crippen LogP contribution is 2.35. The van der Waals surface area contributed by atoms with Crippen molar-refractivity contribution >= 4 is 0 Å². The standard InChI is InChI=1S/C16H28N2O/c1-5-18-15(8-12(4)17-18)10-14-9-13(11(2)3)6-7-16(14)19/h8,11,13-14,16,19H,5-7,9-10H2,1-4H3. The molecule has 1 aliphatic rings. The summed E-state index contributed by atoms with van der Waals surface area (Å²) in [7, 11) is 0. The van der Waals surface area contributed by atoms with Crippen LogP contribution >= 0.6 is 0 Å². The van der Waals surface area contributed by atoms with Gasteiger partial charge in [-0.1, -0.05) is 13.8 Å². The number of aryl methyl sites for hydroxylation is 2. The minimum absolute atomic E-state index is 0.129. The molecule has 1 aromatic rings. The van der Waals surface area contributed by atoms with E-state index in [1.807, 2.05) is 6.92 Å². The average molecular weight is 264 g/mol. The summed E-state index contributed by atoms with van der Waals surface area (Å²) in [5.41, 5.74) is 2.37. The monoisotopic (exact) mass is 264 g/mol. The Balaban J connectivity index is 2.07. The fourth-order valence-electron chi connectivity index (χ4n) is 3.42. The maximum atomic E-state index is 10.3. The molecule has 2 rings (SSSR count). The first-order chi connectivity index (χ1) is 9.01. The molecular weight excluding hydrogens is 236 g/mol. The van der Waals surface area contributed by atoms with Crippen LogP contribution in [0, 0.1) is 24.7 Å². The van der Waals surface area contributed by atoms with Crippen LogP contribution in [0.25, 0.3) is 0 Å². The summed E-state index contributed by atoms with van der Waals surface area (Å²) in [6.07, 6.45) is 4.15. The highest BCUT2D eigenvalue weighted by atomic mass is 16.3. The molecule has 0 amide bonds. The largest absolute Gasteiger partial charge is 0.393 e. The van der Waals surface area contributed by atoms with Crippen molar-refractivity contribution in [2.75, 3.05) is 0 Å². The van der Waals surface area contributed by atoms with E-state index in [2.05, 4.69) is 36.6 Å². The summed E-state index contributed by atoms with van der Waals surface area (Å²) in [6.45, 7) is 9.70. The van der Waals surface area contributed by atoms with Gasteiger partial charge in [0.2, 0.25) is 0 Å². The smallest absolute Gasteiger partial charge is 0.0596 e. The summed E-state index contributed by atoms with van der Waals surface area (Å²) in [5.74, 6) is 1.91. The van der Waals surface area contributed by atoms with Gasteiger partial charge >= 0.3 is 0 Å². The van der Waals surface area contributed by atoms with E-state index in [1.54, 1.807) is 0 Å². The van der Waals surface area contributed by atoms with Gasteiger partial charge in [-0.25, -0.2) is 0 Å². The molecule has 108 valence electrons. The van der Waals surface area contributed by atoms with E-state index in [0.717, 1.165) is 43.3 Å². The fraction of sp³-hybridized carbons (Fsp3) is 0.812. The van der Waals surface area contributed by atoms with E-state index < -0.39 is 0 Å². The van der Waals surface area contributed by atoms with Crippen LogP contribution < -0.4 is 0 Å². The van der Waals surface area contributed by atoms with Crippen molar-refractivity contribution < 1.29 is 5.11 Å². The number of rotatable bonds is 4. The van der Waals surface area contributed by atoms with Crippen molar-refractivity contribution in [3.63, 3.8) is 0 Å². The molecule has 1 aromatic heterocycles. The number of aliphatic hydroxyl groups excluding tert-OH is 1. The first kappa shape index (κ1) is 14.6. The van der Waals surface area contributed by atoms with Crippen molar-refractivity contribution in [2.45, 2.75) is 66.0 Å². The third-order valence-corrected chi connectivity index (χ3v) is 4.68. The average Bonchev–Trinajstić information content (AvgIpc) is 2.72. The van der Waals surface area contributed by atoms with E-state index in [-0.39, 0.29) is 6.10 Å². The molecule has 3 heteroatoms. The van der Waals surface area contributed by atoms with Gasteiger partial charge in [0.1, 0.15) is 0 Å². The van der Waals surface area contributed by atoms with Gasteiger partial charge < -0.3 is 5.11 Å². The molecule has 0 spiro atoms. The van der Waals surface area contributed by atoms with E-state index in [1.165, 1.54) is 12.1 Å². The van der Waals surface area contributed by atoms with Crippen LogP contribution in [0.2, 0.25) is 0 Å². The number of hydrogen-bond donors (Lipinski definition) is 1. The zero-order chi connectivity index (χ0) is 14.0. The van der Waals surface area contributed by atoms with Crippen LogP contribution in [0.1, 0.15) is 51.4 Å². The second kappa shape index (κ2) is 6.08. The van der Waals surface area contributed by atoms with Crippen molar-refractivity contribution in [1.82, 2.24) is 9.78 Å². The molecule has 1 heterocycles. The minimum atomic E-state index is -0.129. The molecule has 0 aliphatic heterocycles. The highest BCUT2D eigenvalue weighted by Gasteiger charge is 2.31. The molecule has 3 atom stereocenters. The second-order valence-electron chi connectivity index (χ2n) is 6.44. The Labute approximate surface area is 117 Å². The lowest BCUT2D eigenvalue weighted by atomic mass is 9.73. The number of hydrogen-bond acceptors (Lipinski definition) is 2. The topological polar surface area (TPSA) is 38.0 Å². The van der Waals surface area contributed by atoms with Crippen LogP contribution in [0.15, 0.2) is 6.07 Å².